The molecule has 0 radical (unpaired) electrons. The van der Waals surface area contributed by atoms with Crippen LogP contribution in [0, 0.1) is 18.3 Å². The lowest BCUT2D eigenvalue weighted by Gasteiger charge is -2.21. The molecule has 24 heavy (non-hydrogen) atoms. The molecule has 4 heteroatoms. The van der Waals surface area contributed by atoms with Crippen molar-refractivity contribution in [1.82, 2.24) is 4.98 Å². The molecule has 0 aliphatic heterocycles. The Balaban J connectivity index is 1.98. The maximum absolute atomic E-state index is 8.59. The van der Waals surface area contributed by atoms with E-state index in [0.717, 1.165) is 21.6 Å². The van der Waals surface area contributed by atoms with E-state index in [-0.39, 0.29) is 5.41 Å². The number of fused-ring (bicyclic) bond motifs is 1. The Hall–Kier alpha value is -2.51. The molecule has 0 saturated carbocycles. The molecule has 1 aromatic heterocycles. The Bertz CT molecular complexity index is 948. The molecule has 0 spiro atoms. The number of nitriles is 1. The standard InChI is InChI=1S/C20H18N2OS/c1-14-8-9-18-17(12-14)22-19(23-18)20(2,3)15-6-4-7-16(13-15)24-11-5-10-21/h4-9,11-13H,1-3H3/b11-5+. The summed E-state index contributed by atoms with van der Waals surface area (Å²) in [5.41, 5.74) is 3.65. The normalized spacial score (nSPS) is 11.9. The van der Waals surface area contributed by atoms with Gasteiger partial charge < -0.3 is 4.42 Å². The van der Waals surface area contributed by atoms with Gasteiger partial charge in [0.2, 0.25) is 5.89 Å². The van der Waals surface area contributed by atoms with Gasteiger partial charge in [0.25, 0.3) is 0 Å². The van der Waals surface area contributed by atoms with Gasteiger partial charge in [0.1, 0.15) is 5.52 Å². The minimum absolute atomic E-state index is 0.345. The van der Waals surface area contributed by atoms with E-state index in [1.807, 2.05) is 43.3 Å². The average Bonchev–Trinajstić information content (AvgIpc) is 2.99. The van der Waals surface area contributed by atoms with E-state index in [0.29, 0.717) is 5.89 Å². The Morgan fingerprint density at radius 2 is 2.04 bits per heavy atom. The lowest BCUT2D eigenvalue weighted by molar-refractivity contribution is 0.433. The zero-order valence-electron chi connectivity index (χ0n) is 13.9. The van der Waals surface area contributed by atoms with Crippen molar-refractivity contribution < 1.29 is 4.42 Å². The number of oxazole rings is 1. The number of rotatable bonds is 4. The van der Waals surface area contributed by atoms with Gasteiger partial charge in [-0.1, -0.05) is 30.0 Å². The number of aryl methyl sites for hydroxylation is 1. The molecule has 3 nitrogen and oxygen atoms in total. The highest BCUT2D eigenvalue weighted by Crippen LogP contribution is 2.35. The Labute approximate surface area is 146 Å². The smallest absolute Gasteiger partial charge is 0.205 e. The van der Waals surface area contributed by atoms with Crippen molar-refractivity contribution in [2.24, 2.45) is 0 Å². The van der Waals surface area contributed by atoms with Crippen LogP contribution in [-0.4, -0.2) is 4.98 Å². The molecule has 0 aliphatic rings. The number of allylic oxidation sites excluding steroid dienone is 1. The Morgan fingerprint density at radius 3 is 2.83 bits per heavy atom. The number of nitrogens with zero attached hydrogens (tertiary/aromatic N) is 2. The van der Waals surface area contributed by atoms with E-state index in [1.54, 1.807) is 5.41 Å². The molecule has 0 N–H and O–H groups in total. The number of benzene rings is 2. The molecule has 120 valence electrons. The van der Waals surface area contributed by atoms with Crippen LogP contribution >= 0.6 is 11.8 Å². The molecule has 1 heterocycles. The molecule has 3 aromatic rings. The van der Waals surface area contributed by atoms with Crippen LogP contribution < -0.4 is 0 Å². The molecule has 0 amide bonds. The lowest BCUT2D eigenvalue weighted by atomic mass is 9.84. The SMILES string of the molecule is Cc1ccc2oc(C(C)(C)c3cccc(S/C=C/C#N)c3)nc2c1. The monoisotopic (exact) mass is 334 g/mol. The first-order valence-corrected chi connectivity index (χ1v) is 8.58. The fourth-order valence-electron chi connectivity index (χ4n) is 2.53. The third-order valence-electron chi connectivity index (χ3n) is 3.98. The van der Waals surface area contributed by atoms with Crippen LogP contribution in [0.5, 0.6) is 0 Å². The van der Waals surface area contributed by atoms with Gasteiger partial charge in [-0.25, -0.2) is 4.98 Å². The maximum Gasteiger partial charge on any atom is 0.205 e. The summed E-state index contributed by atoms with van der Waals surface area (Å²) >= 11 is 1.52. The van der Waals surface area contributed by atoms with E-state index in [9.17, 15) is 0 Å². The van der Waals surface area contributed by atoms with Gasteiger partial charge in [-0.3, -0.25) is 0 Å². The first-order valence-electron chi connectivity index (χ1n) is 7.70. The third-order valence-corrected chi connectivity index (χ3v) is 4.78. The average molecular weight is 334 g/mol. The largest absolute Gasteiger partial charge is 0.440 e. The zero-order valence-corrected chi connectivity index (χ0v) is 14.7. The number of hydrogen-bond acceptors (Lipinski definition) is 4. The first kappa shape index (κ1) is 16.4. The summed E-state index contributed by atoms with van der Waals surface area (Å²) in [7, 11) is 0. The Kier molecular flexibility index (Phi) is 4.46. The minimum atomic E-state index is -0.345. The van der Waals surface area contributed by atoms with Crippen molar-refractivity contribution in [2.45, 2.75) is 31.1 Å². The zero-order chi connectivity index (χ0) is 17.2. The summed E-state index contributed by atoms with van der Waals surface area (Å²) < 4.78 is 6.01. The van der Waals surface area contributed by atoms with Crippen molar-refractivity contribution in [1.29, 1.82) is 5.26 Å². The van der Waals surface area contributed by atoms with Crippen LogP contribution in [0.3, 0.4) is 0 Å². The summed E-state index contributed by atoms with van der Waals surface area (Å²) in [4.78, 5) is 5.78. The van der Waals surface area contributed by atoms with Crippen LogP contribution in [-0.2, 0) is 5.41 Å². The van der Waals surface area contributed by atoms with E-state index >= 15 is 0 Å². The van der Waals surface area contributed by atoms with Crippen molar-refractivity contribution >= 4 is 22.9 Å². The van der Waals surface area contributed by atoms with Crippen LogP contribution in [0.2, 0.25) is 0 Å². The molecule has 0 fully saturated rings. The van der Waals surface area contributed by atoms with E-state index in [4.69, 9.17) is 14.7 Å². The number of hydrogen-bond donors (Lipinski definition) is 0. The molecule has 2 aromatic carbocycles. The van der Waals surface area contributed by atoms with E-state index in [2.05, 4.69) is 26.0 Å². The fourth-order valence-corrected chi connectivity index (χ4v) is 3.17. The maximum atomic E-state index is 8.59. The van der Waals surface area contributed by atoms with Gasteiger partial charge in [-0.05, 0) is 61.6 Å². The molecule has 3 rings (SSSR count). The molecular weight excluding hydrogens is 316 g/mol. The van der Waals surface area contributed by atoms with Gasteiger partial charge in [-0.15, -0.1) is 0 Å². The van der Waals surface area contributed by atoms with Crippen LogP contribution in [0.25, 0.3) is 11.1 Å². The van der Waals surface area contributed by atoms with Crippen molar-refractivity contribution in [2.75, 3.05) is 0 Å². The quantitative estimate of drug-likeness (QED) is 0.461. The molecule has 0 atom stereocenters. The van der Waals surface area contributed by atoms with Crippen molar-refractivity contribution in [3.63, 3.8) is 0 Å². The van der Waals surface area contributed by atoms with E-state index < -0.39 is 0 Å². The van der Waals surface area contributed by atoms with Gasteiger partial charge in [-0.2, -0.15) is 5.26 Å². The molecule has 0 aliphatic carbocycles. The highest BCUT2D eigenvalue weighted by Gasteiger charge is 2.29. The van der Waals surface area contributed by atoms with Crippen molar-refractivity contribution in [3.05, 3.63) is 71.0 Å². The van der Waals surface area contributed by atoms with Gasteiger partial charge in [0.15, 0.2) is 5.58 Å². The molecule has 0 bridgehead atoms. The summed E-state index contributed by atoms with van der Waals surface area (Å²) in [6, 6.07) is 16.3. The molecule has 0 unspecified atom stereocenters. The van der Waals surface area contributed by atoms with E-state index in [1.165, 1.54) is 23.4 Å². The van der Waals surface area contributed by atoms with Gasteiger partial charge >= 0.3 is 0 Å². The van der Waals surface area contributed by atoms with Crippen LogP contribution in [0.4, 0.5) is 0 Å². The molecular formula is C20H18N2OS. The van der Waals surface area contributed by atoms with Crippen molar-refractivity contribution in [3.8, 4) is 6.07 Å². The highest BCUT2D eigenvalue weighted by atomic mass is 32.2. The lowest BCUT2D eigenvalue weighted by Crippen LogP contribution is -2.19. The van der Waals surface area contributed by atoms with Crippen LogP contribution in [0.15, 0.2) is 63.3 Å². The number of thioether (sulfide) groups is 1. The summed E-state index contributed by atoms with van der Waals surface area (Å²) in [5, 5.41) is 10.4. The predicted octanol–water partition coefficient (Wildman–Crippen LogP) is 5.59. The Morgan fingerprint density at radius 1 is 1.21 bits per heavy atom. The predicted molar refractivity (Wildman–Crippen MR) is 97.9 cm³/mol. The highest BCUT2D eigenvalue weighted by molar-refractivity contribution is 8.02. The topological polar surface area (TPSA) is 49.8 Å². The fraction of sp³-hybridized carbons (Fsp3) is 0.200. The number of aromatic nitrogens is 1. The summed E-state index contributed by atoms with van der Waals surface area (Å²) in [6.45, 7) is 6.27. The van der Waals surface area contributed by atoms with Gasteiger partial charge in [0, 0.05) is 11.0 Å². The molecule has 0 saturated heterocycles. The second-order valence-corrected chi connectivity index (χ2v) is 7.17. The second-order valence-electron chi connectivity index (χ2n) is 6.19. The second kappa shape index (κ2) is 6.54. The summed E-state index contributed by atoms with van der Waals surface area (Å²) in [5.74, 6) is 0.706. The van der Waals surface area contributed by atoms with Gasteiger partial charge in [0.05, 0.1) is 11.5 Å². The summed E-state index contributed by atoms with van der Waals surface area (Å²) in [6.07, 6.45) is 1.48. The first-order chi connectivity index (χ1) is 11.5. The third kappa shape index (κ3) is 3.22. The van der Waals surface area contributed by atoms with Crippen LogP contribution in [0.1, 0.15) is 30.9 Å². The minimum Gasteiger partial charge on any atom is -0.440 e.